The van der Waals surface area contributed by atoms with E-state index < -0.39 is 15.8 Å². The second-order valence-electron chi connectivity index (χ2n) is 6.82. The molecule has 0 unspecified atom stereocenters. The lowest BCUT2D eigenvalue weighted by molar-refractivity contribution is 0.0697. The molecule has 0 spiro atoms. The van der Waals surface area contributed by atoms with Gasteiger partial charge in [-0.2, -0.15) is 4.31 Å². The summed E-state index contributed by atoms with van der Waals surface area (Å²) in [6.45, 7) is 4.59. The molecule has 0 saturated carbocycles. The Hall–Kier alpha value is -2.45. The molecule has 1 amide bonds. The summed E-state index contributed by atoms with van der Waals surface area (Å²) in [4.78, 5) is 13.9. The van der Waals surface area contributed by atoms with Crippen LogP contribution in [0.3, 0.4) is 0 Å². The Morgan fingerprint density at radius 1 is 1.00 bits per heavy atom. The van der Waals surface area contributed by atoms with Gasteiger partial charge < -0.3 is 9.64 Å². The van der Waals surface area contributed by atoms with E-state index in [-0.39, 0.29) is 43.1 Å². The van der Waals surface area contributed by atoms with Crippen LogP contribution in [0.4, 0.5) is 4.39 Å². The minimum absolute atomic E-state index is 0.0472. The SMILES string of the molecule is CC(C)Oc1ccc(C(=O)N2CCN(S(=O)(=O)c3ccccc3F)CC2)cc1. The fraction of sp³-hybridized carbons (Fsp3) is 0.350. The maximum atomic E-state index is 13.9. The minimum Gasteiger partial charge on any atom is -0.491 e. The molecule has 150 valence electrons. The van der Waals surface area contributed by atoms with E-state index in [1.807, 2.05) is 13.8 Å². The largest absolute Gasteiger partial charge is 0.491 e. The zero-order valence-electron chi connectivity index (χ0n) is 15.8. The fourth-order valence-electron chi connectivity index (χ4n) is 3.06. The van der Waals surface area contributed by atoms with Gasteiger partial charge in [-0.15, -0.1) is 0 Å². The van der Waals surface area contributed by atoms with Crippen molar-refractivity contribution in [3.8, 4) is 5.75 Å². The molecule has 0 aromatic heterocycles. The number of hydrogen-bond acceptors (Lipinski definition) is 4. The third kappa shape index (κ3) is 4.34. The first-order valence-electron chi connectivity index (χ1n) is 9.09. The number of nitrogens with zero attached hydrogens (tertiary/aromatic N) is 2. The molecular formula is C20H23FN2O4S. The third-order valence-corrected chi connectivity index (χ3v) is 6.39. The molecule has 2 aromatic rings. The summed E-state index contributed by atoms with van der Waals surface area (Å²) in [6.07, 6.45) is 0.0472. The normalized spacial score (nSPS) is 15.6. The fourth-order valence-corrected chi connectivity index (χ4v) is 4.54. The quantitative estimate of drug-likeness (QED) is 0.766. The van der Waals surface area contributed by atoms with Crippen molar-refractivity contribution >= 4 is 15.9 Å². The number of amides is 1. The summed E-state index contributed by atoms with van der Waals surface area (Å²) in [5.74, 6) is -0.254. The van der Waals surface area contributed by atoms with Crippen molar-refractivity contribution < 1.29 is 22.3 Å². The molecule has 1 aliphatic heterocycles. The number of benzene rings is 2. The molecule has 8 heteroatoms. The van der Waals surface area contributed by atoms with Crippen LogP contribution in [0.15, 0.2) is 53.4 Å². The number of ether oxygens (including phenoxy) is 1. The van der Waals surface area contributed by atoms with Crippen LogP contribution >= 0.6 is 0 Å². The van der Waals surface area contributed by atoms with E-state index in [1.54, 1.807) is 29.2 Å². The zero-order chi connectivity index (χ0) is 20.3. The highest BCUT2D eigenvalue weighted by Gasteiger charge is 2.32. The number of piperazine rings is 1. The van der Waals surface area contributed by atoms with Crippen LogP contribution < -0.4 is 4.74 Å². The van der Waals surface area contributed by atoms with Gasteiger partial charge in [0.2, 0.25) is 10.0 Å². The average Bonchev–Trinajstić information content (AvgIpc) is 2.68. The third-order valence-electron chi connectivity index (χ3n) is 4.45. The van der Waals surface area contributed by atoms with Gasteiger partial charge >= 0.3 is 0 Å². The Morgan fingerprint density at radius 3 is 2.18 bits per heavy atom. The lowest BCUT2D eigenvalue weighted by Gasteiger charge is -2.34. The molecule has 0 N–H and O–H groups in total. The summed E-state index contributed by atoms with van der Waals surface area (Å²) < 4.78 is 46.0. The molecule has 0 bridgehead atoms. The van der Waals surface area contributed by atoms with Crippen molar-refractivity contribution in [2.45, 2.75) is 24.8 Å². The molecule has 0 aliphatic carbocycles. The number of hydrogen-bond donors (Lipinski definition) is 0. The van der Waals surface area contributed by atoms with Crippen LogP contribution in [0.5, 0.6) is 5.75 Å². The molecule has 3 rings (SSSR count). The molecule has 28 heavy (non-hydrogen) atoms. The van der Waals surface area contributed by atoms with Crippen molar-refractivity contribution in [1.82, 2.24) is 9.21 Å². The Kier molecular flexibility index (Phi) is 6.00. The van der Waals surface area contributed by atoms with Gasteiger partial charge in [0.15, 0.2) is 0 Å². The van der Waals surface area contributed by atoms with Crippen LogP contribution in [0.2, 0.25) is 0 Å². The summed E-state index contributed by atoms with van der Waals surface area (Å²) >= 11 is 0. The van der Waals surface area contributed by atoms with E-state index in [1.165, 1.54) is 22.5 Å². The molecule has 0 radical (unpaired) electrons. The molecule has 1 heterocycles. The second-order valence-corrected chi connectivity index (χ2v) is 8.72. The zero-order valence-corrected chi connectivity index (χ0v) is 16.7. The lowest BCUT2D eigenvalue weighted by atomic mass is 10.2. The van der Waals surface area contributed by atoms with Gasteiger partial charge in [0.25, 0.3) is 5.91 Å². The second kappa shape index (κ2) is 8.28. The maximum Gasteiger partial charge on any atom is 0.253 e. The first-order valence-corrected chi connectivity index (χ1v) is 10.5. The minimum atomic E-state index is -3.92. The molecule has 1 aliphatic rings. The topological polar surface area (TPSA) is 66.9 Å². The van der Waals surface area contributed by atoms with Gasteiger partial charge in [0.1, 0.15) is 16.5 Å². The smallest absolute Gasteiger partial charge is 0.253 e. The molecule has 2 aromatic carbocycles. The standard InChI is InChI=1S/C20H23FN2O4S/c1-15(2)27-17-9-7-16(8-10-17)20(24)22-11-13-23(14-12-22)28(25,26)19-6-4-3-5-18(19)21/h3-10,15H,11-14H2,1-2H3. The Labute approximate surface area is 164 Å². The van der Waals surface area contributed by atoms with E-state index >= 15 is 0 Å². The van der Waals surface area contributed by atoms with Crippen LogP contribution in [-0.4, -0.2) is 55.8 Å². The van der Waals surface area contributed by atoms with E-state index in [9.17, 15) is 17.6 Å². The van der Waals surface area contributed by atoms with Gasteiger partial charge in [-0.25, -0.2) is 12.8 Å². The van der Waals surface area contributed by atoms with E-state index in [4.69, 9.17) is 4.74 Å². The monoisotopic (exact) mass is 406 g/mol. The van der Waals surface area contributed by atoms with Gasteiger partial charge in [-0.1, -0.05) is 12.1 Å². The molecule has 1 fully saturated rings. The van der Waals surface area contributed by atoms with Gasteiger partial charge in [-0.3, -0.25) is 4.79 Å². The number of sulfonamides is 1. The molecule has 1 saturated heterocycles. The molecule has 6 nitrogen and oxygen atoms in total. The van der Waals surface area contributed by atoms with Crippen LogP contribution in [0.25, 0.3) is 0 Å². The van der Waals surface area contributed by atoms with Crippen molar-refractivity contribution in [1.29, 1.82) is 0 Å². The Balaban J connectivity index is 1.65. The van der Waals surface area contributed by atoms with E-state index in [2.05, 4.69) is 0 Å². The number of rotatable bonds is 5. The average molecular weight is 406 g/mol. The van der Waals surface area contributed by atoms with Crippen molar-refractivity contribution in [2.24, 2.45) is 0 Å². The summed E-state index contributed by atoms with van der Waals surface area (Å²) in [6, 6.07) is 12.2. The van der Waals surface area contributed by atoms with Crippen molar-refractivity contribution in [3.05, 3.63) is 59.9 Å². The Morgan fingerprint density at radius 2 is 1.61 bits per heavy atom. The van der Waals surface area contributed by atoms with Crippen LogP contribution in [-0.2, 0) is 10.0 Å². The van der Waals surface area contributed by atoms with Gasteiger partial charge in [-0.05, 0) is 50.2 Å². The predicted octanol–water partition coefficient (Wildman–Crippen LogP) is 2.76. The van der Waals surface area contributed by atoms with E-state index in [0.717, 1.165) is 6.07 Å². The first kappa shape index (κ1) is 20.3. The predicted molar refractivity (Wildman–Crippen MR) is 103 cm³/mol. The lowest BCUT2D eigenvalue weighted by Crippen LogP contribution is -2.50. The highest BCUT2D eigenvalue weighted by Crippen LogP contribution is 2.21. The first-order chi connectivity index (χ1) is 13.3. The highest BCUT2D eigenvalue weighted by molar-refractivity contribution is 7.89. The van der Waals surface area contributed by atoms with Gasteiger partial charge in [0, 0.05) is 31.7 Å². The maximum absolute atomic E-state index is 13.9. The summed E-state index contributed by atoms with van der Waals surface area (Å²) in [7, 11) is -3.92. The molecule has 0 atom stereocenters. The van der Waals surface area contributed by atoms with Crippen molar-refractivity contribution in [2.75, 3.05) is 26.2 Å². The van der Waals surface area contributed by atoms with Crippen LogP contribution in [0.1, 0.15) is 24.2 Å². The van der Waals surface area contributed by atoms with Gasteiger partial charge in [0.05, 0.1) is 6.10 Å². The summed E-state index contributed by atoms with van der Waals surface area (Å²) in [5.41, 5.74) is 0.515. The van der Waals surface area contributed by atoms with Crippen molar-refractivity contribution in [3.63, 3.8) is 0 Å². The molecular weight excluding hydrogens is 383 g/mol. The Bertz CT molecular complexity index is 937. The van der Waals surface area contributed by atoms with E-state index in [0.29, 0.717) is 11.3 Å². The number of carbonyl (C=O) groups excluding carboxylic acids is 1. The number of halogens is 1. The van der Waals surface area contributed by atoms with Crippen LogP contribution in [0, 0.1) is 5.82 Å². The summed E-state index contributed by atoms with van der Waals surface area (Å²) in [5, 5.41) is 0. The number of carbonyl (C=O) groups is 1. The highest BCUT2D eigenvalue weighted by atomic mass is 32.2.